The smallest absolute Gasteiger partial charge is 0.167 e. The number of hydrogen-bond donors (Lipinski definition) is 0. The Morgan fingerprint density at radius 3 is 2.75 bits per heavy atom. The third kappa shape index (κ3) is 2.92. The number of aromatic nitrogens is 2. The van der Waals surface area contributed by atoms with Crippen LogP contribution < -0.4 is 0 Å². The lowest BCUT2D eigenvalue weighted by molar-refractivity contribution is 0.329. The lowest BCUT2D eigenvalue weighted by Crippen LogP contribution is -2.07. The van der Waals surface area contributed by atoms with E-state index in [0.717, 1.165) is 0 Å². The van der Waals surface area contributed by atoms with Crippen LogP contribution in [0.3, 0.4) is 0 Å². The molecule has 1 aromatic rings. The van der Waals surface area contributed by atoms with E-state index in [1.54, 1.807) is 18.5 Å². The van der Waals surface area contributed by atoms with E-state index in [4.69, 9.17) is 17.0 Å². The first-order chi connectivity index (χ1) is 5.83. The van der Waals surface area contributed by atoms with Gasteiger partial charge in [0.25, 0.3) is 0 Å². The van der Waals surface area contributed by atoms with Gasteiger partial charge in [0.1, 0.15) is 5.82 Å². The maximum Gasteiger partial charge on any atom is 0.167 e. The molecule has 1 aromatic heterocycles. The summed E-state index contributed by atoms with van der Waals surface area (Å²) in [5.74, 6) is 0.705. The summed E-state index contributed by atoms with van der Waals surface area (Å²) in [6.07, 6.45) is 3.90. The van der Waals surface area contributed by atoms with E-state index in [2.05, 4.69) is 9.97 Å². The topological polar surface area (TPSA) is 35.0 Å². The largest absolute Gasteiger partial charge is 0.487 e. The summed E-state index contributed by atoms with van der Waals surface area (Å²) in [5, 5.41) is 0.545. The molecule has 0 aliphatic carbocycles. The van der Waals surface area contributed by atoms with Crippen LogP contribution in [0.5, 0.6) is 0 Å². The lowest BCUT2D eigenvalue weighted by atomic mass is 10.4. The molecule has 1 rings (SSSR count). The summed E-state index contributed by atoms with van der Waals surface area (Å²) in [6.45, 7) is 2.50. The third-order valence-electron chi connectivity index (χ3n) is 1.23. The minimum absolute atomic E-state index is 0.518. The Bertz CT molecular complexity index is 250. The fraction of sp³-hybridized carbons (Fsp3) is 0.375. The second kappa shape index (κ2) is 4.77. The fourth-order valence-corrected chi connectivity index (χ4v) is 1.01. The van der Waals surface area contributed by atoms with Crippen LogP contribution in [0.1, 0.15) is 12.7 Å². The molecule has 64 valence electrons. The summed E-state index contributed by atoms with van der Waals surface area (Å²) in [6, 6.07) is 1.77. The molecule has 0 N–H and O–H groups in total. The van der Waals surface area contributed by atoms with E-state index >= 15 is 0 Å². The molecule has 1 heterocycles. The molecular formula is C8H10N2OS. The molecule has 0 saturated carbocycles. The molecular weight excluding hydrogens is 172 g/mol. The standard InChI is InChI=1S/C8H10N2OS/c1-2-11-8(12)6-7-9-4-3-5-10-7/h3-5H,2,6H2,1H3. The van der Waals surface area contributed by atoms with Crippen LogP contribution in [-0.2, 0) is 11.2 Å². The van der Waals surface area contributed by atoms with Crippen LogP contribution in [-0.4, -0.2) is 21.6 Å². The van der Waals surface area contributed by atoms with Crippen molar-refractivity contribution >= 4 is 17.3 Å². The Morgan fingerprint density at radius 1 is 1.50 bits per heavy atom. The van der Waals surface area contributed by atoms with E-state index in [0.29, 0.717) is 23.9 Å². The molecule has 0 atom stereocenters. The second-order valence-corrected chi connectivity index (χ2v) is 2.60. The van der Waals surface area contributed by atoms with Gasteiger partial charge < -0.3 is 4.74 Å². The van der Waals surface area contributed by atoms with Crippen molar-refractivity contribution in [1.29, 1.82) is 0 Å². The molecule has 3 nitrogen and oxygen atoms in total. The van der Waals surface area contributed by atoms with Crippen LogP contribution in [0, 0.1) is 0 Å². The van der Waals surface area contributed by atoms with E-state index < -0.39 is 0 Å². The summed E-state index contributed by atoms with van der Waals surface area (Å²) in [7, 11) is 0. The number of nitrogens with zero attached hydrogens (tertiary/aromatic N) is 2. The Balaban J connectivity index is 2.47. The third-order valence-corrected chi connectivity index (χ3v) is 1.49. The number of ether oxygens (including phenoxy) is 1. The van der Waals surface area contributed by atoms with E-state index in [1.165, 1.54) is 0 Å². The van der Waals surface area contributed by atoms with Crippen molar-refractivity contribution in [3.63, 3.8) is 0 Å². The molecule has 0 spiro atoms. The molecule has 0 saturated heterocycles. The maximum absolute atomic E-state index is 5.10. The minimum atomic E-state index is 0.518. The van der Waals surface area contributed by atoms with Crippen LogP contribution in [0.2, 0.25) is 0 Å². The Labute approximate surface area is 76.8 Å². The second-order valence-electron chi connectivity index (χ2n) is 2.15. The zero-order valence-corrected chi connectivity index (χ0v) is 7.67. The molecule has 0 unspecified atom stereocenters. The zero-order valence-electron chi connectivity index (χ0n) is 6.86. The van der Waals surface area contributed by atoms with Gasteiger partial charge in [-0.3, -0.25) is 0 Å². The highest BCUT2D eigenvalue weighted by Crippen LogP contribution is 1.93. The molecule has 4 heteroatoms. The molecule has 0 aromatic carbocycles. The van der Waals surface area contributed by atoms with Gasteiger partial charge in [0.15, 0.2) is 5.05 Å². The maximum atomic E-state index is 5.10. The van der Waals surface area contributed by atoms with Gasteiger partial charge in [-0.2, -0.15) is 0 Å². The Hall–Kier alpha value is -1.03. The van der Waals surface area contributed by atoms with Gasteiger partial charge in [0.2, 0.25) is 0 Å². The average molecular weight is 182 g/mol. The van der Waals surface area contributed by atoms with Crippen LogP contribution >= 0.6 is 12.2 Å². The van der Waals surface area contributed by atoms with Crippen LogP contribution in [0.15, 0.2) is 18.5 Å². The van der Waals surface area contributed by atoms with Gasteiger partial charge in [-0.05, 0) is 25.2 Å². The van der Waals surface area contributed by atoms with Gasteiger partial charge in [-0.25, -0.2) is 9.97 Å². The quantitative estimate of drug-likeness (QED) is 0.661. The van der Waals surface area contributed by atoms with Gasteiger partial charge in [-0.15, -0.1) is 0 Å². The van der Waals surface area contributed by atoms with E-state index in [-0.39, 0.29) is 0 Å². The predicted molar refractivity (Wildman–Crippen MR) is 50.0 cm³/mol. The molecule has 12 heavy (non-hydrogen) atoms. The highest BCUT2D eigenvalue weighted by Gasteiger charge is 2.00. The van der Waals surface area contributed by atoms with Crippen molar-refractivity contribution in [3.8, 4) is 0 Å². The first kappa shape index (κ1) is 9.06. The summed E-state index contributed by atoms with van der Waals surface area (Å²) in [5.41, 5.74) is 0. The van der Waals surface area contributed by atoms with Gasteiger partial charge in [0, 0.05) is 12.4 Å². The number of thiocarbonyl (C=S) groups is 1. The normalized spacial score (nSPS) is 9.42. The zero-order chi connectivity index (χ0) is 8.81. The Kier molecular flexibility index (Phi) is 3.60. The average Bonchev–Trinajstić information content (AvgIpc) is 2.06. The Morgan fingerprint density at radius 2 is 2.17 bits per heavy atom. The molecule has 0 aliphatic heterocycles. The number of hydrogen-bond acceptors (Lipinski definition) is 4. The van der Waals surface area contributed by atoms with Gasteiger partial charge in [0.05, 0.1) is 13.0 Å². The highest BCUT2D eigenvalue weighted by molar-refractivity contribution is 7.80. The summed E-state index contributed by atoms with van der Waals surface area (Å²) >= 11 is 4.93. The van der Waals surface area contributed by atoms with Crippen molar-refractivity contribution in [2.75, 3.05) is 6.61 Å². The van der Waals surface area contributed by atoms with Crippen LogP contribution in [0.4, 0.5) is 0 Å². The molecule has 0 fully saturated rings. The molecule has 0 radical (unpaired) electrons. The predicted octanol–water partition coefficient (Wildman–Crippen LogP) is 1.38. The monoisotopic (exact) mass is 182 g/mol. The van der Waals surface area contributed by atoms with Gasteiger partial charge in [-0.1, -0.05) is 0 Å². The summed E-state index contributed by atoms with van der Waals surface area (Å²) in [4.78, 5) is 8.04. The lowest BCUT2D eigenvalue weighted by Gasteiger charge is -2.02. The van der Waals surface area contributed by atoms with Crippen LogP contribution in [0.25, 0.3) is 0 Å². The SMILES string of the molecule is CCOC(=S)Cc1ncccn1. The number of rotatable bonds is 3. The van der Waals surface area contributed by atoms with E-state index in [9.17, 15) is 0 Å². The minimum Gasteiger partial charge on any atom is -0.487 e. The first-order valence-electron chi connectivity index (χ1n) is 3.74. The van der Waals surface area contributed by atoms with Crippen molar-refractivity contribution in [2.24, 2.45) is 0 Å². The fourth-order valence-electron chi connectivity index (χ4n) is 0.762. The van der Waals surface area contributed by atoms with Crippen molar-refractivity contribution < 1.29 is 4.74 Å². The first-order valence-corrected chi connectivity index (χ1v) is 4.15. The van der Waals surface area contributed by atoms with Gasteiger partial charge >= 0.3 is 0 Å². The van der Waals surface area contributed by atoms with Crippen molar-refractivity contribution in [1.82, 2.24) is 9.97 Å². The molecule has 0 amide bonds. The molecule has 0 bridgehead atoms. The summed E-state index contributed by atoms with van der Waals surface area (Å²) < 4.78 is 5.10. The van der Waals surface area contributed by atoms with Crippen molar-refractivity contribution in [2.45, 2.75) is 13.3 Å². The highest BCUT2D eigenvalue weighted by atomic mass is 32.1. The van der Waals surface area contributed by atoms with Crippen molar-refractivity contribution in [3.05, 3.63) is 24.3 Å². The molecule has 0 aliphatic rings. The van der Waals surface area contributed by atoms with E-state index in [1.807, 2.05) is 6.92 Å².